The van der Waals surface area contributed by atoms with Crippen LogP contribution in [0.15, 0.2) is 11.6 Å². The van der Waals surface area contributed by atoms with E-state index in [9.17, 15) is 4.79 Å². The second-order valence-corrected chi connectivity index (χ2v) is 7.95. The minimum absolute atomic E-state index is 0.213. The first-order chi connectivity index (χ1) is 10.6. The molecule has 0 aromatic rings. The number of hydrogen-bond donors (Lipinski definition) is 0. The van der Waals surface area contributed by atoms with Crippen LogP contribution in [0.3, 0.4) is 0 Å². The summed E-state index contributed by atoms with van der Waals surface area (Å²) in [5, 5.41) is 0. The first-order valence-electron chi connectivity index (χ1n) is 9.53. The average molecular weight is 304 g/mol. The molecule has 0 aromatic heterocycles. The van der Waals surface area contributed by atoms with Gasteiger partial charge in [-0.3, -0.25) is 4.79 Å². The van der Waals surface area contributed by atoms with E-state index in [0.717, 1.165) is 37.7 Å². The van der Waals surface area contributed by atoms with Crippen molar-refractivity contribution in [1.82, 2.24) is 0 Å². The maximum atomic E-state index is 12.4. The Hall–Kier alpha value is -0.630. The molecule has 0 N–H and O–H groups in total. The summed E-state index contributed by atoms with van der Waals surface area (Å²) < 4.78 is 5.95. The second-order valence-electron chi connectivity index (χ2n) is 7.95. The van der Waals surface area contributed by atoms with Crippen LogP contribution >= 0.6 is 0 Å². The number of ketones is 1. The number of hydrogen-bond acceptors (Lipinski definition) is 2. The lowest BCUT2D eigenvalue weighted by Crippen LogP contribution is -2.34. The molecule has 0 spiro atoms. The Kier molecular flexibility index (Phi) is 5.07. The molecule has 2 fully saturated rings. The van der Waals surface area contributed by atoms with E-state index in [1.165, 1.54) is 50.5 Å². The zero-order valence-corrected chi connectivity index (χ0v) is 14.4. The van der Waals surface area contributed by atoms with E-state index in [1.54, 1.807) is 0 Å². The number of carbonyl (C=O) groups is 1. The predicted octanol–water partition coefficient (Wildman–Crippen LogP) is 5.07. The first kappa shape index (κ1) is 16.2. The monoisotopic (exact) mass is 304 g/mol. The summed E-state index contributed by atoms with van der Waals surface area (Å²) in [7, 11) is 0. The molecule has 2 heteroatoms. The first-order valence-corrected chi connectivity index (χ1v) is 9.53. The molecular formula is C20H32O2. The Morgan fingerprint density at radius 2 is 1.95 bits per heavy atom. The molecule has 2 nitrogen and oxygen atoms in total. The van der Waals surface area contributed by atoms with Crippen molar-refractivity contribution < 1.29 is 9.53 Å². The third-order valence-electron chi connectivity index (χ3n) is 6.12. The van der Waals surface area contributed by atoms with Crippen LogP contribution in [-0.4, -0.2) is 18.0 Å². The molecule has 3 unspecified atom stereocenters. The smallest absolute Gasteiger partial charge is 0.187 e. The van der Waals surface area contributed by atoms with Gasteiger partial charge in [-0.1, -0.05) is 57.4 Å². The molecule has 3 atom stereocenters. The highest BCUT2D eigenvalue weighted by atomic mass is 16.5. The van der Waals surface area contributed by atoms with E-state index in [1.807, 2.05) is 13.0 Å². The molecule has 22 heavy (non-hydrogen) atoms. The van der Waals surface area contributed by atoms with Gasteiger partial charge in [0.15, 0.2) is 5.78 Å². The summed E-state index contributed by atoms with van der Waals surface area (Å²) in [6.07, 6.45) is 14.8. The van der Waals surface area contributed by atoms with Crippen molar-refractivity contribution in [2.45, 2.75) is 83.7 Å². The van der Waals surface area contributed by atoms with Crippen LogP contribution in [0, 0.1) is 17.8 Å². The fourth-order valence-electron chi connectivity index (χ4n) is 4.55. The van der Waals surface area contributed by atoms with Gasteiger partial charge in [-0.05, 0) is 43.6 Å². The highest BCUT2D eigenvalue weighted by Crippen LogP contribution is 2.55. The van der Waals surface area contributed by atoms with Gasteiger partial charge in [-0.15, -0.1) is 0 Å². The van der Waals surface area contributed by atoms with Crippen LogP contribution in [-0.2, 0) is 9.53 Å². The van der Waals surface area contributed by atoms with Crippen LogP contribution < -0.4 is 0 Å². The van der Waals surface area contributed by atoms with Crippen LogP contribution in [0.1, 0.15) is 78.1 Å². The topological polar surface area (TPSA) is 26.3 Å². The van der Waals surface area contributed by atoms with E-state index >= 15 is 0 Å². The van der Waals surface area contributed by atoms with Crippen molar-refractivity contribution in [3.8, 4) is 0 Å². The van der Waals surface area contributed by atoms with Gasteiger partial charge in [0.25, 0.3) is 0 Å². The Labute approximate surface area is 135 Å². The lowest BCUT2D eigenvalue weighted by Gasteiger charge is -2.23. The molecule has 0 aromatic carbocycles. The minimum Gasteiger partial charge on any atom is -0.367 e. The standard InChI is InChI=1S/C20H32O2/c1-3-4-11-22-20(2)14-16(12-19(20)21)18-13-17(18)15-9-7-5-6-8-10-15/h12,15,17-18H,3-11,13-14H2,1-2H3. The van der Waals surface area contributed by atoms with Gasteiger partial charge >= 0.3 is 0 Å². The average Bonchev–Trinajstić information content (AvgIpc) is 3.26. The molecule has 2 saturated carbocycles. The van der Waals surface area contributed by atoms with Gasteiger partial charge in [0.1, 0.15) is 5.60 Å². The van der Waals surface area contributed by atoms with Crippen molar-refractivity contribution in [1.29, 1.82) is 0 Å². The summed E-state index contributed by atoms with van der Waals surface area (Å²) in [6.45, 7) is 4.88. The van der Waals surface area contributed by atoms with E-state index in [2.05, 4.69) is 6.92 Å². The largest absolute Gasteiger partial charge is 0.367 e. The molecule has 124 valence electrons. The van der Waals surface area contributed by atoms with Gasteiger partial charge in [0.05, 0.1) is 0 Å². The third kappa shape index (κ3) is 3.48. The molecule has 0 bridgehead atoms. The summed E-state index contributed by atoms with van der Waals surface area (Å²) in [4.78, 5) is 12.4. The summed E-state index contributed by atoms with van der Waals surface area (Å²) >= 11 is 0. The Balaban J connectivity index is 1.54. The predicted molar refractivity (Wildman–Crippen MR) is 89.8 cm³/mol. The van der Waals surface area contributed by atoms with Gasteiger partial charge < -0.3 is 4.74 Å². The fraction of sp³-hybridized carbons (Fsp3) is 0.850. The van der Waals surface area contributed by atoms with E-state index in [0.29, 0.717) is 5.92 Å². The quantitative estimate of drug-likeness (QED) is 0.506. The molecule has 3 rings (SSSR count). The lowest BCUT2D eigenvalue weighted by molar-refractivity contribution is -0.135. The summed E-state index contributed by atoms with van der Waals surface area (Å²) in [6, 6.07) is 0. The number of rotatable bonds is 6. The summed E-state index contributed by atoms with van der Waals surface area (Å²) in [5.41, 5.74) is 0.847. The van der Waals surface area contributed by atoms with Crippen LogP contribution in [0.25, 0.3) is 0 Å². The van der Waals surface area contributed by atoms with Gasteiger partial charge in [0, 0.05) is 13.0 Å². The molecule has 0 amide bonds. The SMILES string of the molecule is CCCCOC1(C)CC(C2CC2C2CCCCCC2)=CC1=O. The fourth-order valence-corrected chi connectivity index (χ4v) is 4.55. The Morgan fingerprint density at radius 3 is 2.64 bits per heavy atom. The minimum atomic E-state index is -0.554. The van der Waals surface area contributed by atoms with Gasteiger partial charge in [0.2, 0.25) is 0 Å². The van der Waals surface area contributed by atoms with Crippen molar-refractivity contribution in [3.05, 3.63) is 11.6 Å². The molecular weight excluding hydrogens is 272 g/mol. The number of ether oxygens (including phenoxy) is 1. The van der Waals surface area contributed by atoms with Crippen molar-refractivity contribution in [2.24, 2.45) is 17.8 Å². The van der Waals surface area contributed by atoms with E-state index < -0.39 is 5.60 Å². The van der Waals surface area contributed by atoms with Crippen molar-refractivity contribution >= 4 is 5.78 Å². The number of unbranched alkanes of at least 4 members (excludes halogenated alkanes) is 1. The third-order valence-corrected chi connectivity index (χ3v) is 6.12. The second kappa shape index (κ2) is 6.86. The molecule has 3 aliphatic rings. The zero-order chi connectivity index (χ0) is 15.6. The highest BCUT2D eigenvalue weighted by Gasteiger charge is 2.49. The van der Waals surface area contributed by atoms with E-state index in [-0.39, 0.29) is 5.78 Å². The van der Waals surface area contributed by atoms with Crippen LogP contribution in [0.4, 0.5) is 0 Å². The van der Waals surface area contributed by atoms with Crippen LogP contribution in [0.5, 0.6) is 0 Å². The molecule has 3 aliphatic carbocycles. The lowest BCUT2D eigenvalue weighted by atomic mass is 9.91. The van der Waals surface area contributed by atoms with Gasteiger partial charge in [-0.25, -0.2) is 0 Å². The van der Waals surface area contributed by atoms with Crippen molar-refractivity contribution in [3.63, 3.8) is 0 Å². The Bertz CT molecular complexity index is 431. The normalized spacial score (nSPS) is 36.3. The zero-order valence-electron chi connectivity index (χ0n) is 14.4. The maximum Gasteiger partial charge on any atom is 0.187 e. The maximum absolute atomic E-state index is 12.4. The molecule has 0 aliphatic heterocycles. The molecule has 0 radical (unpaired) electrons. The molecule has 0 saturated heterocycles. The highest BCUT2D eigenvalue weighted by molar-refractivity contribution is 6.00. The Morgan fingerprint density at radius 1 is 1.23 bits per heavy atom. The molecule has 0 heterocycles. The van der Waals surface area contributed by atoms with Crippen molar-refractivity contribution in [2.75, 3.05) is 6.61 Å². The number of carbonyl (C=O) groups excluding carboxylic acids is 1. The summed E-state index contributed by atoms with van der Waals surface area (Å²) in [5.74, 6) is 2.71. The van der Waals surface area contributed by atoms with Gasteiger partial charge in [-0.2, -0.15) is 0 Å². The van der Waals surface area contributed by atoms with Crippen LogP contribution in [0.2, 0.25) is 0 Å². The van der Waals surface area contributed by atoms with E-state index in [4.69, 9.17) is 4.74 Å².